The fraction of sp³-hybridized carbons (Fsp3) is 0.462. The number of benzene rings is 2. The van der Waals surface area contributed by atoms with E-state index in [-0.39, 0.29) is 29.5 Å². The van der Waals surface area contributed by atoms with Crippen molar-refractivity contribution in [3.63, 3.8) is 0 Å². The first-order chi connectivity index (χ1) is 15.6. The molecular formula is C26H30FN3O2. The molecule has 1 aliphatic carbocycles. The average molecular weight is 436 g/mol. The van der Waals surface area contributed by atoms with Crippen LogP contribution in [0.25, 0.3) is 0 Å². The van der Waals surface area contributed by atoms with Crippen molar-refractivity contribution in [3.05, 3.63) is 71.5 Å². The molecule has 2 aromatic rings. The molecule has 3 atom stereocenters. The van der Waals surface area contributed by atoms with E-state index in [1.807, 2.05) is 30.3 Å². The second-order valence-electron chi connectivity index (χ2n) is 9.46. The molecule has 1 saturated carbocycles. The van der Waals surface area contributed by atoms with Crippen molar-refractivity contribution >= 4 is 11.8 Å². The number of nitrogens with one attached hydrogen (secondary N) is 2. The molecule has 5 nitrogen and oxygen atoms in total. The third kappa shape index (κ3) is 4.04. The lowest BCUT2D eigenvalue weighted by Crippen LogP contribution is -2.47. The summed E-state index contributed by atoms with van der Waals surface area (Å²) in [6.45, 7) is 3.71. The van der Waals surface area contributed by atoms with Crippen molar-refractivity contribution in [3.8, 4) is 0 Å². The summed E-state index contributed by atoms with van der Waals surface area (Å²) in [6.07, 6.45) is 2.50. The molecule has 0 bridgehead atoms. The highest BCUT2D eigenvalue weighted by molar-refractivity contribution is 5.86. The SMILES string of the molecule is O=C(NCCN1CCC2(CC1)C(=O)NC[C@@H]2c1ccc(F)cc1)C1C[C@H]1c1ccccc1. The molecular weight excluding hydrogens is 405 g/mol. The van der Waals surface area contributed by atoms with Crippen LogP contribution in [-0.2, 0) is 9.59 Å². The Morgan fingerprint density at radius 2 is 1.78 bits per heavy atom. The Balaban J connectivity index is 1.10. The topological polar surface area (TPSA) is 61.4 Å². The van der Waals surface area contributed by atoms with Crippen molar-refractivity contribution in [2.45, 2.75) is 31.1 Å². The summed E-state index contributed by atoms with van der Waals surface area (Å²) in [5, 5.41) is 6.15. The van der Waals surface area contributed by atoms with Gasteiger partial charge in [-0.05, 0) is 61.5 Å². The van der Waals surface area contributed by atoms with E-state index in [4.69, 9.17) is 0 Å². The van der Waals surface area contributed by atoms with E-state index in [1.54, 1.807) is 0 Å². The summed E-state index contributed by atoms with van der Waals surface area (Å²) in [7, 11) is 0. The maximum Gasteiger partial charge on any atom is 0.227 e. The number of piperidine rings is 1. The molecule has 0 radical (unpaired) electrons. The van der Waals surface area contributed by atoms with Crippen LogP contribution in [0.1, 0.15) is 42.2 Å². The first kappa shape index (κ1) is 21.1. The maximum absolute atomic E-state index is 13.4. The maximum atomic E-state index is 13.4. The lowest BCUT2D eigenvalue weighted by atomic mass is 9.68. The zero-order valence-electron chi connectivity index (χ0n) is 18.2. The van der Waals surface area contributed by atoms with Crippen molar-refractivity contribution in [2.75, 3.05) is 32.7 Å². The zero-order chi connectivity index (χ0) is 22.1. The minimum absolute atomic E-state index is 0.0854. The molecule has 1 spiro atoms. The van der Waals surface area contributed by atoms with Gasteiger partial charge in [0.2, 0.25) is 11.8 Å². The van der Waals surface area contributed by atoms with Gasteiger partial charge in [0.25, 0.3) is 0 Å². The van der Waals surface area contributed by atoms with Crippen LogP contribution in [0, 0.1) is 17.2 Å². The van der Waals surface area contributed by atoms with Crippen LogP contribution in [-0.4, -0.2) is 49.4 Å². The summed E-state index contributed by atoms with van der Waals surface area (Å²) in [6, 6.07) is 16.8. The van der Waals surface area contributed by atoms with Gasteiger partial charge in [0.15, 0.2) is 0 Å². The lowest BCUT2D eigenvalue weighted by molar-refractivity contribution is -0.130. The standard InChI is InChI=1S/C26H30FN3O2/c27-20-8-6-19(7-9-20)23-17-29-25(32)26(23)10-13-30(14-11-26)15-12-28-24(31)22-16-21(22)18-4-2-1-3-5-18/h1-9,21-23H,10-17H2,(H,28,31)(H,29,32)/t21-,22?,23+/m0/s1. The third-order valence-corrected chi connectivity index (χ3v) is 7.69. The summed E-state index contributed by atoms with van der Waals surface area (Å²) >= 11 is 0. The summed E-state index contributed by atoms with van der Waals surface area (Å²) in [4.78, 5) is 27.6. The lowest BCUT2D eigenvalue weighted by Gasteiger charge is -2.41. The number of nitrogens with zero attached hydrogens (tertiary/aromatic N) is 1. The van der Waals surface area contributed by atoms with E-state index in [0.717, 1.165) is 44.5 Å². The molecule has 2 N–H and O–H groups in total. The first-order valence-electron chi connectivity index (χ1n) is 11.7. The molecule has 168 valence electrons. The molecule has 2 aromatic carbocycles. The van der Waals surface area contributed by atoms with Crippen LogP contribution < -0.4 is 10.6 Å². The van der Waals surface area contributed by atoms with Gasteiger partial charge in [-0.15, -0.1) is 0 Å². The highest BCUT2D eigenvalue weighted by Crippen LogP contribution is 2.48. The largest absolute Gasteiger partial charge is 0.355 e. The number of hydrogen-bond donors (Lipinski definition) is 2. The Hall–Kier alpha value is -2.73. The number of carbonyl (C=O) groups excluding carboxylic acids is 2. The molecule has 3 fully saturated rings. The van der Waals surface area contributed by atoms with Crippen LogP contribution in [0.2, 0.25) is 0 Å². The van der Waals surface area contributed by atoms with Crippen molar-refractivity contribution in [2.24, 2.45) is 11.3 Å². The van der Waals surface area contributed by atoms with Gasteiger partial charge in [0, 0.05) is 31.5 Å². The number of rotatable bonds is 6. The molecule has 2 heterocycles. The Kier molecular flexibility index (Phi) is 5.72. The van der Waals surface area contributed by atoms with Gasteiger partial charge in [0.1, 0.15) is 5.82 Å². The highest BCUT2D eigenvalue weighted by Gasteiger charge is 2.52. The predicted molar refractivity (Wildman–Crippen MR) is 121 cm³/mol. The Labute approximate surface area is 188 Å². The quantitative estimate of drug-likeness (QED) is 0.733. The monoisotopic (exact) mass is 435 g/mol. The molecule has 2 aliphatic heterocycles. The van der Waals surface area contributed by atoms with E-state index >= 15 is 0 Å². The van der Waals surface area contributed by atoms with Crippen LogP contribution in [0.3, 0.4) is 0 Å². The summed E-state index contributed by atoms with van der Waals surface area (Å²) in [5.74, 6) is 0.566. The Bertz CT molecular complexity index is 970. The molecule has 6 heteroatoms. The van der Waals surface area contributed by atoms with Crippen LogP contribution >= 0.6 is 0 Å². The van der Waals surface area contributed by atoms with E-state index < -0.39 is 5.41 Å². The fourth-order valence-electron chi connectivity index (χ4n) is 5.63. The van der Waals surface area contributed by atoms with Gasteiger partial charge in [-0.2, -0.15) is 0 Å². The normalized spacial score (nSPS) is 26.7. The van der Waals surface area contributed by atoms with Crippen LogP contribution in [0.5, 0.6) is 0 Å². The van der Waals surface area contributed by atoms with Crippen molar-refractivity contribution < 1.29 is 14.0 Å². The molecule has 32 heavy (non-hydrogen) atoms. The van der Waals surface area contributed by atoms with Gasteiger partial charge in [-0.1, -0.05) is 42.5 Å². The van der Waals surface area contributed by atoms with Gasteiger partial charge in [-0.3, -0.25) is 9.59 Å². The minimum atomic E-state index is -0.408. The fourth-order valence-corrected chi connectivity index (χ4v) is 5.63. The third-order valence-electron chi connectivity index (χ3n) is 7.69. The first-order valence-corrected chi connectivity index (χ1v) is 11.7. The molecule has 3 aliphatic rings. The minimum Gasteiger partial charge on any atom is -0.355 e. The number of amides is 2. The highest BCUT2D eigenvalue weighted by atomic mass is 19.1. The number of likely N-dealkylation sites (tertiary alicyclic amines) is 1. The van der Waals surface area contributed by atoms with E-state index in [9.17, 15) is 14.0 Å². The molecule has 0 aromatic heterocycles. The predicted octanol–water partition coefficient (Wildman–Crippen LogP) is 3.04. The molecule has 1 unspecified atom stereocenters. The Morgan fingerprint density at radius 3 is 2.50 bits per heavy atom. The van der Waals surface area contributed by atoms with Gasteiger partial charge in [-0.25, -0.2) is 4.39 Å². The second-order valence-corrected chi connectivity index (χ2v) is 9.46. The smallest absolute Gasteiger partial charge is 0.227 e. The summed E-state index contributed by atoms with van der Waals surface area (Å²) in [5.41, 5.74) is 1.87. The van der Waals surface area contributed by atoms with Gasteiger partial charge >= 0.3 is 0 Å². The zero-order valence-corrected chi connectivity index (χ0v) is 18.2. The van der Waals surface area contributed by atoms with Gasteiger partial charge < -0.3 is 15.5 Å². The average Bonchev–Trinajstić information content (AvgIpc) is 3.57. The summed E-state index contributed by atoms with van der Waals surface area (Å²) < 4.78 is 13.4. The van der Waals surface area contributed by atoms with E-state index in [1.165, 1.54) is 17.7 Å². The van der Waals surface area contributed by atoms with E-state index in [2.05, 4.69) is 27.7 Å². The number of hydrogen-bond acceptors (Lipinski definition) is 3. The second kappa shape index (κ2) is 8.66. The number of carbonyl (C=O) groups is 2. The molecule has 2 amide bonds. The van der Waals surface area contributed by atoms with Crippen LogP contribution in [0.4, 0.5) is 4.39 Å². The van der Waals surface area contributed by atoms with E-state index in [0.29, 0.717) is 19.0 Å². The molecule has 2 saturated heterocycles. The number of halogens is 1. The molecule has 5 rings (SSSR count). The Morgan fingerprint density at radius 1 is 1.06 bits per heavy atom. The van der Waals surface area contributed by atoms with Gasteiger partial charge in [0.05, 0.1) is 5.41 Å². The van der Waals surface area contributed by atoms with Crippen molar-refractivity contribution in [1.29, 1.82) is 0 Å². The van der Waals surface area contributed by atoms with Crippen molar-refractivity contribution in [1.82, 2.24) is 15.5 Å². The van der Waals surface area contributed by atoms with Crippen LogP contribution in [0.15, 0.2) is 54.6 Å².